The van der Waals surface area contributed by atoms with Crippen LogP contribution < -0.4 is 14.8 Å². The number of carbonyl (C=O) groups is 1. The van der Waals surface area contributed by atoms with Crippen LogP contribution in [-0.4, -0.2) is 50.5 Å². The maximum absolute atomic E-state index is 12.4. The van der Waals surface area contributed by atoms with Crippen LogP contribution in [0, 0.1) is 0 Å². The van der Waals surface area contributed by atoms with Crippen molar-refractivity contribution >= 4 is 5.91 Å². The number of methoxy groups -OCH3 is 2. The van der Waals surface area contributed by atoms with Crippen molar-refractivity contribution < 1.29 is 28.9 Å². The van der Waals surface area contributed by atoms with Crippen molar-refractivity contribution in [1.82, 2.24) is 25.5 Å². The Morgan fingerprint density at radius 2 is 1.71 bits per heavy atom. The van der Waals surface area contributed by atoms with Crippen molar-refractivity contribution in [1.29, 1.82) is 0 Å². The molecule has 3 heterocycles. The molecule has 11 heteroatoms. The van der Waals surface area contributed by atoms with E-state index in [0.717, 1.165) is 18.4 Å². The molecule has 0 saturated carbocycles. The smallest absolute Gasteiger partial charge is 0.257 e. The molecule has 4 rings (SSSR count). The van der Waals surface area contributed by atoms with Crippen LogP contribution in [0.25, 0.3) is 22.6 Å². The van der Waals surface area contributed by atoms with Crippen molar-refractivity contribution in [3.63, 3.8) is 0 Å². The minimum Gasteiger partial charge on any atom is -0.506 e. The standard InChI is InChI=1S/C27H29N5O6/c1-4-5-7-17-22(23-18(36-2)8-6-9-19(23)37-3)25(34)24(26(35)30-17)27-32-31-21(38-27)14-20(33)29-15-16-10-12-28-13-11-16/h6,8-13H,4-5,7,14-15H2,1-3H3,(H,29,33)(H2,30,34,35). The Bertz CT molecular complexity index is 1380. The van der Waals surface area contributed by atoms with Gasteiger partial charge < -0.3 is 29.4 Å². The van der Waals surface area contributed by atoms with Gasteiger partial charge in [0.15, 0.2) is 0 Å². The second-order valence-corrected chi connectivity index (χ2v) is 8.43. The number of aromatic nitrogens is 4. The third kappa shape index (κ3) is 5.66. The Morgan fingerprint density at radius 3 is 2.37 bits per heavy atom. The third-order valence-corrected chi connectivity index (χ3v) is 5.90. The summed E-state index contributed by atoms with van der Waals surface area (Å²) >= 11 is 0. The predicted molar refractivity (Wildman–Crippen MR) is 138 cm³/mol. The van der Waals surface area contributed by atoms with E-state index >= 15 is 0 Å². The summed E-state index contributed by atoms with van der Waals surface area (Å²) in [5, 5.41) is 32.9. The minimum atomic E-state index is -0.469. The number of hydrogen-bond acceptors (Lipinski definition) is 10. The summed E-state index contributed by atoms with van der Waals surface area (Å²) in [7, 11) is 3.03. The molecule has 0 bridgehead atoms. The lowest BCUT2D eigenvalue weighted by atomic mass is 9.95. The molecule has 1 amide bonds. The van der Waals surface area contributed by atoms with E-state index in [1.54, 1.807) is 42.7 Å². The van der Waals surface area contributed by atoms with E-state index in [9.17, 15) is 15.0 Å². The molecule has 0 unspecified atom stereocenters. The van der Waals surface area contributed by atoms with Crippen LogP contribution in [0.5, 0.6) is 23.1 Å². The van der Waals surface area contributed by atoms with Gasteiger partial charge in [-0.2, -0.15) is 0 Å². The molecule has 0 radical (unpaired) electrons. The van der Waals surface area contributed by atoms with Gasteiger partial charge in [0, 0.05) is 18.9 Å². The first-order valence-electron chi connectivity index (χ1n) is 12.1. The summed E-state index contributed by atoms with van der Waals surface area (Å²) in [5.74, 6) is -0.384. The largest absolute Gasteiger partial charge is 0.506 e. The van der Waals surface area contributed by atoms with Crippen molar-refractivity contribution in [3.05, 3.63) is 59.9 Å². The SMILES string of the molecule is CCCCc1nc(O)c(-c2nnc(CC(=O)NCc3ccncc3)o2)c(O)c1-c1c(OC)cccc1OC. The number of rotatable bonds is 11. The molecule has 4 aromatic rings. The highest BCUT2D eigenvalue weighted by molar-refractivity contribution is 5.88. The Labute approximate surface area is 219 Å². The van der Waals surface area contributed by atoms with Gasteiger partial charge in [-0.1, -0.05) is 19.4 Å². The zero-order valence-corrected chi connectivity index (χ0v) is 21.4. The number of ether oxygens (including phenoxy) is 2. The molecule has 1 aromatic carbocycles. The Kier molecular flexibility index (Phi) is 8.37. The molecule has 0 saturated heterocycles. The average Bonchev–Trinajstić information content (AvgIpc) is 3.38. The molecule has 11 nitrogen and oxygen atoms in total. The molecule has 0 atom stereocenters. The van der Waals surface area contributed by atoms with Crippen LogP contribution >= 0.6 is 0 Å². The number of unbranched alkanes of at least 4 members (excludes halogenated alkanes) is 1. The molecular weight excluding hydrogens is 490 g/mol. The predicted octanol–water partition coefficient (Wildman–Crippen LogP) is 3.82. The van der Waals surface area contributed by atoms with E-state index in [2.05, 4.69) is 25.5 Å². The highest BCUT2D eigenvalue weighted by Gasteiger charge is 2.29. The summed E-state index contributed by atoms with van der Waals surface area (Å²) in [6.45, 7) is 2.35. The summed E-state index contributed by atoms with van der Waals surface area (Å²) in [4.78, 5) is 20.7. The third-order valence-electron chi connectivity index (χ3n) is 5.90. The number of pyridine rings is 2. The number of hydrogen-bond donors (Lipinski definition) is 3. The number of nitrogens with zero attached hydrogens (tertiary/aromatic N) is 4. The average molecular weight is 520 g/mol. The molecule has 0 aliphatic rings. The van der Waals surface area contributed by atoms with E-state index in [1.807, 2.05) is 6.92 Å². The highest BCUT2D eigenvalue weighted by atomic mass is 16.5. The topological polar surface area (TPSA) is 153 Å². The number of aromatic hydroxyl groups is 2. The molecule has 3 aromatic heterocycles. The van der Waals surface area contributed by atoms with E-state index in [-0.39, 0.29) is 35.4 Å². The van der Waals surface area contributed by atoms with Gasteiger partial charge in [-0.25, -0.2) is 4.98 Å². The number of amides is 1. The minimum absolute atomic E-state index is 0.0116. The van der Waals surface area contributed by atoms with Crippen LogP contribution in [0.2, 0.25) is 0 Å². The molecule has 0 aliphatic heterocycles. The number of aryl methyl sites for hydroxylation is 1. The number of nitrogens with one attached hydrogen (secondary N) is 1. The van der Waals surface area contributed by atoms with Gasteiger partial charge in [0.2, 0.25) is 17.7 Å². The number of benzene rings is 1. The van der Waals surface area contributed by atoms with Gasteiger partial charge in [0.25, 0.3) is 5.89 Å². The molecule has 198 valence electrons. The summed E-state index contributed by atoms with van der Waals surface area (Å²) in [6.07, 6.45) is 5.23. The van der Waals surface area contributed by atoms with Crippen LogP contribution in [0.1, 0.15) is 36.9 Å². The second-order valence-electron chi connectivity index (χ2n) is 8.43. The van der Waals surface area contributed by atoms with Crippen molar-refractivity contribution in [2.45, 2.75) is 39.2 Å². The van der Waals surface area contributed by atoms with E-state index < -0.39 is 5.88 Å². The Morgan fingerprint density at radius 1 is 1.00 bits per heavy atom. The summed E-state index contributed by atoms with van der Waals surface area (Å²) in [6, 6.07) is 8.83. The summed E-state index contributed by atoms with van der Waals surface area (Å²) < 4.78 is 16.8. The van der Waals surface area contributed by atoms with Crippen LogP contribution in [-0.2, 0) is 24.2 Å². The molecule has 0 aliphatic carbocycles. The van der Waals surface area contributed by atoms with E-state index in [4.69, 9.17) is 13.9 Å². The molecule has 0 spiro atoms. The zero-order valence-electron chi connectivity index (χ0n) is 21.4. The van der Waals surface area contributed by atoms with Gasteiger partial charge in [-0.05, 0) is 42.7 Å². The van der Waals surface area contributed by atoms with Gasteiger partial charge in [-0.15, -0.1) is 10.2 Å². The van der Waals surface area contributed by atoms with Crippen LogP contribution in [0.15, 0.2) is 47.1 Å². The first kappa shape index (κ1) is 26.4. The highest BCUT2D eigenvalue weighted by Crippen LogP contribution is 2.49. The first-order valence-corrected chi connectivity index (χ1v) is 12.1. The van der Waals surface area contributed by atoms with Crippen molar-refractivity contribution in [2.24, 2.45) is 0 Å². The second kappa shape index (κ2) is 12.0. The lowest BCUT2D eigenvalue weighted by Gasteiger charge is -2.18. The van der Waals surface area contributed by atoms with Crippen LogP contribution in [0.4, 0.5) is 0 Å². The van der Waals surface area contributed by atoms with Crippen molar-refractivity contribution in [2.75, 3.05) is 14.2 Å². The molecule has 0 fully saturated rings. The zero-order chi connectivity index (χ0) is 27.1. The fourth-order valence-corrected chi connectivity index (χ4v) is 4.02. The van der Waals surface area contributed by atoms with E-state index in [0.29, 0.717) is 41.3 Å². The van der Waals surface area contributed by atoms with Gasteiger partial charge in [0.05, 0.1) is 31.0 Å². The fraction of sp³-hybridized carbons (Fsp3) is 0.296. The maximum Gasteiger partial charge on any atom is 0.257 e. The molecule has 38 heavy (non-hydrogen) atoms. The van der Waals surface area contributed by atoms with Gasteiger partial charge in [-0.3, -0.25) is 9.78 Å². The molecule has 3 N–H and O–H groups in total. The maximum atomic E-state index is 12.4. The fourth-order valence-electron chi connectivity index (χ4n) is 4.02. The lowest BCUT2D eigenvalue weighted by Crippen LogP contribution is -2.24. The molecular formula is C27H29N5O6. The quantitative estimate of drug-likeness (QED) is 0.266. The summed E-state index contributed by atoms with van der Waals surface area (Å²) in [5.41, 5.74) is 2.01. The van der Waals surface area contributed by atoms with Crippen LogP contribution in [0.3, 0.4) is 0 Å². The Balaban J connectivity index is 1.69. The normalized spacial score (nSPS) is 10.8. The first-order chi connectivity index (χ1) is 18.5. The van der Waals surface area contributed by atoms with Gasteiger partial charge >= 0.3 is 0 Å². The van der Waals surface area contributed by atoms with Crippen molar-refractivity contribution in [3.8, 4) is 45.7 Å². The Hall–Kier alpha value is -4.67. The van der Waals surface area contributed by atoms with Gasteiger partial charge in [0.1, 0.15) is 29.2 Å². The lowest BCUT2D eigenvalue weighted by molar-refractivity contribution is -0.120. The monoisotopic (exact) mass is 519 g/mol. The van der Waals surface area contributed by atoms with E-state index in [1.165, 1.54) is 14.2 Å². The number of carbonyl (C=O) groups excluding carboxylic acids is 1.